The molecule has 1 unspecified atom stereocenters. The second-order valence-corrected chi connectivity index (χ2v) is 8.52. The number of benzene rings is 1. The molecule has 3 aliphatic rings. The van der Waals surface area contributed by atoms with Gasteiger partial charge in [0.15, 0.2) is 0 Å². The molecule has 2 bridgehead atoms. The molecular formula is C19H20F3N3O3. The van der Waals surface area contributed by atoms with Crippen molar-refractivity contribution in [2.24, 2.45) is 5.41 Å². The molecule has 1 aromatic rings. The number of alkyl halides is 3. The van der Waals surface area contributed by atoms with Crippen LogP contribution in [0.4, 0.5) is 23.7 Å². The quantitative estimate of drug-likeness (QED) is 0.687. The number of rotatable bonds is 1. The van der Waals surface area contributed by atoms with E-state index in [2.05, 4.69) is 0 Å². The zero-order chi connectivity index (χ0) is 20.6. The Morgan fingerprint density at radius 3 is 2.43 bits per heavy atom. The average Bonchev–Trinajstić information content (AvgIpc) is 3.24. The molecule has 1 aromatic carbocycles. The first-order valence-corrected chi connectivity index (χ1v) is 9.06. The standard InChI is InChI=1S/C19H20F3N3O3/c1-18(2,3)16(27)23-9-12-8-13(23)14-15(26)25(17(28)24(12)14)11-6-4-5-10(7-11)19(20,21)22/h4-7,12-14H,8-9H2,1-3H3/t12?,13-,14-/m1/s1. The molecule has 3 heterocycles. The number of amides is 4. The lowest BCUT2D eigenvalue weighted by Gasteiger charge is -2.37. The van der Waals surface area contributed by atoms with Gasteiger partial charge in [-0.05, 0) is 24.6 Å². The minimum Gasteiger partial charge on any atom is -0.334 e. The largest absolute Gasteiger partial charge is 0.416 e. The van der Waals surface area contributed by atoms with E-state index in [4.69, 9.17) is 0 Å². The molecule has 0 spiro atoms. The van der Waals surface area contributed by atoms with E-state index in [1.807, 2.05) is 0 Å². The Balaban J connectivity index is 1.66. The van der Waals surface area contributed by atoms with Crippen LogP contribution in [0.3, 0.4) is 0 Å². The van der Waals surface area contributed by atoms with Crippen molar-refractivity contribution < 1.29 is 27.6 Å². The van der Waals surface area contributed by atoms with Crippen LogP contribution < -0.4 is 4.90 Å². The highest BCUT2D eigenvalue weighted by Crippen LogP contribution is 2.44. The Morgan fingerprint density at radius 2 is 1.82 bits per heavy atom. The van der Waals surface area contributed by atoms with Gasteiger partial charge in [0.05, 0.1) is 23.3 Å². The van der Waals surface area contributed by atoms with Crippen LogP contribution in [0.25, 0.3) is 0 Å². The van der Waals surface area contributed by atoms with E-state index in [0.717, 1.165) is 17.0 Å². The molecule has 4 rings (SSSR count). The van der Waals surface area contributed by atoms with Crippen molar-refractivity contribution >= 4 is 23.5 Å². The smallest absolute Gasteiger partial charge is 0.334 e. The summed E-state index contributed by atoms with van der Waals surface area (Å²) in [5, 5.41) is 0. The number of halogens is 3. The molecule has 3 aliphatic heterocycles. The van der Waals surface area contributed by atoms with Gasteiger partial charge in [-0.1, -0.05) is 26.8 Å². The minimum absolute atomic E-state index is 0.0996. The Kier molecular flexibility index (Phi) is 3.83. The third-order valence-corrected chi connectivity index (χ3v) is 5.60. The summed E-state index contributed by atoms with van der Waals surface area (Å²) in [4.78, 5) is 42.5. The van der Waals surface area contributed by atoms with Crippen molar-refractivity contribution in [2.75, 3.05) is 11.4 Å². The molecule has 6 nitrogen and oxygen atoms in total. The predicted octanol–water partition coefficient (Wildman–Crippen LogP) is 2.87. The van der Waals surface area contributed by atoms with Gasteiger partial charge in [0.25, 0.3) is 5.91 Å². The second kappa shape index (κ2) is 5.71. The van der Waals surface area contributed by atoms with Crippen LogP contribution in [0.5, 0.6) is 0 Å². The van der Waals surface area contributed by atoms with Crippen LogP contribution in [-0.2, 0) is 15.8 Å². The fourth-order valence-electron chi connectivity index (χ4n) is 4.38. The van der Waals surface area contributed by atoms with Crippen LogP contribution in [-0.4, -0.2) is 52.3 Å². The van der Waals surface area contributed by atoms with Gasteiger partial charge in [-0.15, -0.1) is 0 Å². The van der Waals surface area contributed by atoms with Crippen molar-refractivity contribution in [1.29, 1.82) is 0 Å². The van der Waals surface area contributed by atoms with E-state index in [9.17, 15) is 27.6 Å². The van der Waals surface area contributed by atoms with Gasteiger partial charge >= 0.3 is 12.2 Å². The summed E-state index contributed by atoms with van der Waals surface area (Å²) in [6, 6.07) is 1.98. The number of carbonyl (C=O) groups is 3. The summed E-state index contributed by atoms with van der Waals surface area (Å²) in [7, 11) is 0. The van der Waals surface area contributed by atoms with Gasteiger partial charge in [0.1, 0.15) is 6.04 Å². The molecule has 4 amide bonds. The van der Waals surface area contributed by atoms with E-state index < -0.39 is 41.2 Å². The van der Waals surface area contributed by atoms with Crippen molar-refractivity contribution in [3.05, 3.63) is 29.8 Å². The number of nitrogens with zero attached hydrogens (tertiary/aromatic N) is 3. The first-order chi connectivity index (χ1) is 12.9. The van der Waals surface area contributed by atoms with E-state index >= 15 is 0 Å². The molecule has 0 aliphatic carbocycles. The highest BCUT2D eigenvalue weighted by atomic mass is 19.4. The van der Waals surface area contributed by atoms with E-state index in [1.165, 1.54) is 17.0 Å². The highest BCUT2D eigenvalue weighted by Gasteiger charge is 2.63. The number of likely N-dealkylation sites (tertiary alicyclic amines) is 1. The van der Waals surface area contributed by atoms with Gasteiger partial charge in [0.2, 0.25) is 5.91 Å². The molecule has 0 aromatic heterocycles. The molecule has 9 heteroatoms. The van der Waals surface area contributed by atoms with E-state index in [-0.39, 0.29) is 17.6 Å². The Bertz CT molecular complexity index is 877. The molecule has 150 valence electrons. The van der Waals surface area contributed by atoms with Crippen molar-refractivity contribution in [1.82, 2.24) is 9.80 Å². The Labute approximate surface area is 159 Å². The van der Waals surface area contributed by atoms with Crippen LogP contribution >= 0.6 is 0 Å². The highest BCUT2D eigenvalue weighted by molar-refractivity contribution is 6.22. The number of fused-ring (bicyclic) bond motifs is 5. The number of piperazine rings is 1. The number of urea groups is 1. The Morgan fingerprint density at radius 1 is 1.14 bits per heavy atom. The van der Waals surface area contributed by atoms with Crippen LogP contribution in [0.15, 0.2) is 24.3 Å². The number of carbonyl (C=O) groups excluding carboxylic acids is 3. The van der Waals surface area contributed by atoms with Gasteiger partial charge in [-0.2, -0.15) is 13.2 Å². The van der Waals surface area contributed by atoms with Crippen molar-refractivity contribution in [3.63, 3.8) is 0 Å². The fourth-order valence-corrected chi connectivity index (χ4v) is 4.38. The first kappa shape index (κ1) is 18.8. The van der Waals surface area contributed by atoms with Gasteiger partial charge in [-0.25, -0.2) is 9.69 Å². The number of anilines is 1. The second-order valence-electron chi connectivity index (χ2n) is 8.52. The minimum atomic E-state index is -4.58. The summed E-state index contributed by atoms with van der Waals surface area (Å²) in [5.41, 5.74) is -1.65. The zero-order valence-corrected chi connectivity index (χ0v) is 15.7. The van der Waals surface area contributed by atoms with Crippen LogP contribution in [0.2, 0.25) is 0 Å². The summed E-state index contributed by atoms with van der Waals surface area (Å²) >= 11 is 0. The molecule has 0 radical (unpaired) electrons. The monoisotopic (exact) mass is 395 g/mol. The van der Waals surface area contributed by atoms with E-state index in [0.29, 0.717) is 13.0 Å². The normalized spacial score (nSPS) is 27.1. The third-order valence-electron chi connectivity index (χ3n) is 5.60. The fraction of sp³-hybridized carbons (Fsp3) is 0.526. The van der Waals surface area contributed by atoms with Gasteiger partial charge in [-0.3, -0.25) is 9.59 Å². The lowest BCUT2D eigenvalue weighted by Crippen LogP contribution is -2.56. The Hall–Kier alpha value is -2.58. The average molecular weight is 395 g/mol. The molecule has 3 atom stereocenters. The predicted molar refractivity (Wildman–Crippen MR) is 93.3 cm³/mol. The lowest BCUT2D eigenvalue weighted by molar-refractivity contribution is -0.143. The number of imide groups is 1. The topological polar surface area (TPSA) is 60.9 Å². The maximum atomic E-state index is 13.0. The maximum Gasteiger partial charge on any atom is 0.416 e. The van der Waals surface area contributed by atoms with Crippen molar-refractivity contribution in [2.45, 2.75) is 51.5 Å². The SMILES string of the molecule is CC(C)(C)C(=O)N1CC2C[C@@H]1[C@@H]1C(=O)N(c3cccc(C(F)(F)F)c3)C(=O)N21. The molecule has 0 N–H and O–H groups in total. The van der Waals surface area contributed by atoms with Crippen LogP contribution in [0, 0.1) is 5.41 Å². The van der Waals surface area contributed by atoms with Gasteiger partial charge in [0, 0.05) is 12.0 Å². The van der Waals surface area contributed by atoms with E-state index in [1.54, 1.807) is 25.7 Å². The molecule has 0 saturated carbocycles. The molecule has 3 fully saturated rings. The van der Waals surface area contributed by atoms with Gasteiger partial charge < -0.3 is 9.80 Å². The molecule has 3 saturated heterocycles. The first-order valence-electron chi connectivity index (χ1n) is 9.06. The summed E-state index contributed by atoms with van der Waals surface area (Å²) < 4.78 is 39.1. The third kappa shape index (κ3) is 2.59. The number of hydrogen-bond acceptors (Lipinski definition) is 3. The molecule has 28 heavy (non-hydrogen) atoms. The summed E-state index contributed by atoms with van der Waals surface area (Å²) in [5.74, 6) is -0.680. The number of hydrogen-bond donors (Lipinski definition) is 0. The summed E-state index contributed by atoms with van der Waals surface area (Å²) in [6.45, 7) is 5.70. The lowest BCUT2D eigenvalue weighted by atomic mass is 9.93. The van der Waals surface area contributed by atoms with Crippen molar-refractivity contribution in [3.8, 4) is 0 Å². The van der Waals surface area contributed by atoms with Crippen LogP contribution in [0.1, 0.15) is 32.8 Å². The summed E-state index contributed by atoms with van der Waals surface area (Å²) in [6.07, 6.45) is -4.06. The zero-order valence-electron chi connectivity index (χ0n) is 15.7. The molecular weight excluding hydrogens is 375 g/mol. The maximum absolute atomic E-state index is 13.0.